The molecule has 3 N–H and O–H groups in total. The summed E-state index contributed by atoms with van der Waals surface area (Å²) >= 11 is 0. The van der Waals surface area contributed by atoms with Crippen LogP contribution in [0.2, 0.25) is 0 Å². The number of carbonyl (C=O) groups is 1. The average molecular weight is 275 g/mol. The first-order valence-electron chi connectivity index (χ1n) is 7.34. The van der Waals surface area contributed by atoms with E-state index in [1.54, 1.807) is 18.3 Å². The summed E-state index contributed by atoms with van der Waals surface area (Å²) in [6.45, 7) is 3.71. The van der Waals surface area contributed by atoms with Crippen molar-refractivity contribution in [3.05, 3.63) is 31.0 Å². The third-order valence-corrected chi connectivity index (χ3v) is 3.13. The summed E-state index contributed by atoms with van der Waals surface area (Å²) in [6, 6.07) is 3.44. The minimum absolute atomic E-state index is 0.0447. The summed E-state index contributed by atoms with van der Waals surface area (Å²) in [5, 5.41) is 2.82. The van der Waals surface area contributed by atoms with E-state index < -0.39 is 0 Å². The molecule has 0 radical (unpaired) electrons. The SMILES string of the molecule is C=CCCCCCCCCC(=O)Nc1ccc(N)nc1. The van der Waals surface area contributed by atoms with E-state index in [4.69, 9.17) is 5.73 Å². The molecule has 0 aliphatic heterocycles. The van der Waals surface area contributed by atoms with Gasteiger partial charge in [0.25, 0.3) is 0 Å². The lowest BCUT2D eigenvalue weighted by Gasteiger charge is -2.05. The summed E-state index contributed by atoms with van der Waals surface area (Å²) in [7, 11) is 0. The number of carbonyl (C=O) groups excluding carboxylic acids is 1. The highest BCUT2D eigenvalue weighted by Gasteiger charge is 2.02. The molecular formula is C16H25N3O. The summed E-state index contributed by atoms with van der Waals surface area (Å²) < 4.78 is 0. The van der Waals surface area contributed by atoms with Gasteiger partial charge in [-0.1, -0.05) is 31.8 Å². The van der Waals surface area contributed by atoms with Crippen molar-refractivity contribution in [1.82, 2.24) is 4.98 Å². The van der Waals surface area contributed by atoms with Gasteiger partial charge < -0.3 is 11.1 Å². The number of allylic oxidation sites excluding steroid dienone is 1. The smallest absolute Gasteiger partial charge is 0.224 e. The van der Waals surface area contributed by atoms with E-state index in [1.165, 1.54) is 25.7 Å². The number of nitrogens with two attached hydrogens (primary N) is 1. The zero-order valence-corrected chi connectivity index (χ0v) is 12.1. The van der Waals surface area contributed by atoms with Crippen LogP contribution in [0.1, 0.15) is 51.4 Å². The summed E-state index contributed by atoms with van der Waals surface area (Å²) in [6.07, 6.45) is 12.2. The highest BCUT2D eigenvalue weighted by atomic mass is 16.1. The van der Waals surface area contributed by atoms with Crippen LogP contribution in [0.25, 0.3) is 0 Å². The normalized spacial score (nSPS) is 10.2. The van der Waals surface area contributed by atoms with E-state index in [9.17, 15) is 4.79 Å². The molecule has 0 spiro atoms. The molecule has 0 bridgehead atoms. The Bertz CT molecular complexity index is 401. The number of hydrogen-bond donors (Lipinski definition) is 2. The number of aromatic nitrogens is 1. The van der Waals surface area contributed by atoms with Gasteiger partial charge in [-0.2, -0.15) is 0 Å². The van der Waals surface area contributed by atoms with Crippen molar-refractivity contribution in [2.24, 2.45) is 0 Å². The number of amides is 1. The van der Waals surface area contributed by atoms with Crippen LogP contribution in [-0.4, -0.2) is 10.9 Å². The fraction of sp³-hybridized carbons (Fsp3) is 0.500. The number of anilines is 2. The topological polar surface area (TPSA) is 68.0 Å². The Morgan fingerprint density at radius 3 is 2.55 bits per heavy atom. The molecule has 0 aliphatic carbocycles. The predicted molar refractivity (Wildman–Crippen MR) is 84.4 cm³/mol. The van der Waals surface area contributed by atoms with Gasteiger partial charge in [0, 0.05) is 6.42 Å². The number of nitrogen functional groups attached to an aromatic ring is 1. The van der Waals surface area contributed by atoms with Crippen LogP contribution in [0.5, 0.6) is 0 Å². The monoisotopic (exact) mass is 275 g/mol. The van der Waals surface area contributed by atoms with E-state index in [-0.39, 0.29) is 5.91 Å². The van der Waals surface area contributed by atoms with Crippen LogP contribution in [0.15, 0.2) is 31.0 Å². The van der Waals surface area contributed by atoms with Gasteiger partial charge in [0.2, 0.25) is 5.91 Å². The fourth-order valence-electron chi connectivity index (χ4n) is 1.98. The third-order valence-electron chi connectivity index (χ3n) is 3.13. The van der Waals surface area contributed by atoms with Gasteiger partial charge in [-0.3, -0.25) is 4.79 Å². The van der Waals surface area contributed by atoms with Gasteiger partial charge in [-0.15, -0.1) is 6.58 Å². The first-order valence-corrected chi connectivity index (χ1v) is 7.34. The molecule has 0 saturated heterocycles. The summed E-state index contributed by atoms with van der Waals surface area (Å²) in [5.74, 6) is 0.502. The molecule has 0 saturated carbocycles. The Morgan fingerprint density at radius 2 is 1.90 bits per heavy atom. The van der Waals surface area contributed by atoms with Gasteiger partial charge in [0.15, 0.2) is 0 Å². The molecule has 4 heteroatoms. The fourth-order valence-corrected chi connectivity index (χ4v) is 1.98. The quantitative estimate of drug-likeness (QED) is 0.502. The molecule has 0 aromatic carbocycles. The highest BCUT2D eigenvalue weighted by Crippen LogP contribution is 2.11. The molecule has 1 heterocycles. The lowest BCUT2D eigenvalue weighted by Crippen LogP contribution is -2.11. The number of unbranched alkanes of at least 4 members (excludes halogenated alkanes) is 6. The van der Waals surface area contributed by atoms with Gasteiger partial charge in [-0.05, 0) is 31.4 Å². The van der Waals surface area contributed by atoms with E-state index in [1.807, 2.05) is 6.08 Å². The molecule has 1 amide bonds. The summed E-state index contributed by atoms with van der Waals surface area (Å²) in [5.41, 5.74) is 6.19. The van der Waals surface area contributed by atoms with Crippen molar-refractivity contribution < 1.29 is 4.79 Å². The Balaban J connectivity index is 2.03. The molecule has 4 nitrogen and oxygen atoms in total. The Hall–Kier alpha value is -1.84. The lowest BCUT2D eigenvalue weighted by molar-refractivity contribution is -0.116. The van der Waals surface area contributed by atoms with Gasteiger partial charge in [0.1, 0.15) is 5.82 Å². The van der Waals surface area contributed by atoms with E-state index in [0.29, 0.717) is 17.9 Å². The molecule has 1 aromatic rings. The Morgan fingerprint density at radius 1 is 1.20 bits per heavy atom. The van der Waals surface area contributed by atoms with Crippen LogP contribution >= 0.6 is 0 Å². The van der Waals surface area contributed by atoms with Crippen molar-refractivity contribution in [2.75, 3.05) is 11.1 Å². The summed E-state index contributed by atoms with van der Waals surface area (Å²) in [4.78, 5) is 15.6. The number of nitrogens with zero attached hydrogens (tertiary/aromatic N) is 1. The van der Waals surface area contributed by atoms with E-state index >= 15 is 0 Å². The number of rotatable bonds is 10. The second-order valence-electron chi connectivity index (χ2n) is 4.97. The van der Waals surface area contributed by atoms with Crippen LogP contribution in [0.3, 0.4) is 0 Å². The van der Waals surface area contributed by atoms with E-state index in [0.717, 1.165) is 19.3 Å². The number of hydrogen-bond acceptors (Lipinski definition) is 3. The number of pyridine rings is 1. The van der Waals surface area contributed by atoms with Crippen molar-refractivity contribution >= 4 is 17.4 Å². The molecule has 0 atom stereocenters. The number of nitrogens with one attached hydrogen (secondary N) is 1. The Kier molecular flexibility index (Phi) is 8.11. The van der Waals surface area contributed by atoms with Crippen molar-refractivity contribution in [3.8, 4) is 0 Å². The first-order chi connectivity index (χ1) is 9.72. The second kappa shape index (κ2) is 10.0. The first kappa shape index (κ1) is 16.2. The van der Waals surface area contributed by atoms with Crippen molar-refractivity contribution in [1.29, 1.82) is 0 Å². The largest absolute Gasteiger partial charge is 0.384 e. The Labute approximate surface area is 121 Å². The van der Waals surface area contributed by atoms with Gasteiger partial charge in [0.05, 0.1) is 11.9 Å². The molecule has 1 aromatic heterocycles. The zero-order chi connectivity index (χ0) is 14.6. The maximum Gasteiger partial charge on any atom is 0.224 e. The standard InChI is InChI=1S/C16H25N3O/c1-2-3-4-5-6-7-8-9-10-16(20)19-14-11-12-15(17)18-13-14/h2,11-13H,1,3-10H2,(H2,17,18)(H,19,20). The second-order valence-corrected chi connectivity index (χ2v) is 4.97. The molecule has 0 aliphatic rings. The molecular weight excluding hydrogens is 250 g/mol. The van der Waals surface area contributed by atoms with Gasteiger partial charge >= 0.3 is 0 Å². The maximum absolute atomic E-state index is 11.7. The third kappa shape index (κ3) is 7.56. The van der Waals surface area contributed by atoms with E-state index in [2.05, 4.69) is 16.9 Å². The molecule has 1 rings (SSSR count). The highest BCUT2D eigenvalue weighted by molar-refractivity contribution is 5.90. The van der Waals surface area contributed by atoms with Crippen LogP contribution in [0, 0.1) is 0 Å². The van der Waals surface area contributed by atoms with Crippen LogP contribution in [-0.2, 0) is 4.79 Å². The molecule has 110 valence electrons. The minimum atomic E-state index is 0.0447. The molecule has 20 heavy (non-hydrogen) atoms. The zero-order valence-electron chi connectivity index (χ0n) is 12.1. The van der Waals surface area contributed by atoms with Gasteiger partial charge in [-0.25, -0.2) is 4.98 Å². The molecule has 0 fully saturated rings. The predicted octanol–water partition coefficient (Wildman–Crippen LogP) is 3.91. The minimum Gasteiger partial charge on any atom is -0.384 e. The van der Waals surface area contributed by atoms with Crippen molar-refractivity contribution in [2.45, 2.75) is 51.4 Å². The maximum atomic E-state index is 11.7. The average Bonchev–Trinajstić information content (AvgIpc) is 2.44. The van der Waals surface area contributed by atoms with Crippen LogP contribution in [0.4, 0.5) is 11.5 Å². The van der Waals surface area contributed by atoms with Crippen LogP contribution < -0.4 is 11.1 Å². The lowest BCUT2D eigenvalue weighted by atomic mass is 10.1. The molecule has 0 unspecified atom stereocenters. The van der Waals surface area contributed by atoms with Crippen molar-refractivity contribution in [3.63, 3.8) is 0 Å².